The van der Waals surface area contributed by atoms with Gasteiger partial charge in [0.15, 0.2) is 11.5 Å². The molecule has 5 aliphatic rings. The first-order chi connectivity index (χ1) is 33.1. The minimum absolute atomic E-state index is 0.00902. The van der Waals surface area contributed by atoms with Crippen molar-refractivity contribution >= 4 is 23.8 Å². The summed E-state index contributed by atoms with van der Waals surface area (Å²) in [6, 6.07) is 28.3. The fourth-order valence-electron chi connectivity index (χ4n) is 11.7. The molecule has 5 aromatic carbocycles. The van der Waals surface area contributed by atoms with Crippen LogP contribution in [0.5, 0.6) is 23.0 Å². The fraction of sp³-hybridized carbons (Fsp3) is 0.364. The Balaban J connectivity index is 1.00. The van der Waals surface area contributed by atoms with Gasteiger partial charge in [-0.2, -0.15) is 17.0 Å². The third-order valence-corrected chi connectivity index (χ3v) is 15.7. The van der Waals surface area contributed by atoms with Crippen molar-refractivity contribution < 1.29 is 38.0 Å². The molecule has 1 amide bonds. The normalized spacial score (nSPS) is 21.2. The lowest BCUT2D eigenvalue weighted by atomic mass is 9.71. The van der Waals surface area contributed by atoms with Crippen LogP contribution in [0.4, 0.5) is 4.79 Å². The van der Waals surface area contributed by atoms with E-state index in [1.807, 2.05) is 37.3 Å². The molecule has 10 rings (SSSR count). The molecule has 12 nitrogen and oxygen atoms in total. The highest BCUT2D eigenvalue weighted by Gasteiger charge is 2.57. The highest BCUT2D eigenvalue weighted by Crippen LogP contribution is 2.58. The lowest BCUT2D eigenvalue weighted by molar-refractivity contribution is -0.150. The number of thioether (sulfide) groups is 1. The summed E-state index contributed by atoms with van der Waals surface area (Å²) in [6.45, 7) is 10.3. The van der Waals surface area contributed by atoms with Gasteiger partial charge in [-0.25, -0.2) is 9.59 Å². The lowest BCUT2D eigenvalue weighted by Gasteiger charge is -2.60. The number of nitrogens with one attached hydrogen (secondary N) is 1. The molecule has 1 unspecified atom stereocenters. The van der Waals surface area contributed by atoms with Gasteiger partial charge in [0.1, 0.15) is 43.4 Å². The zero-order valence-electron chi connectivity index (χ0n) is 39.1. The van der Waals surface area contributed by atoms with Crippen molar-refractivity contribution in [3.05, 3.63) is 153 Å². The molecule has 0 aromatic heterocycles. The Labute approximate surface area is 402 Å². The standard InChI is InChI=1S/C55H56N4O8S/c1-7-21-63-51-33(4)52-53(67-30-66-52)48-40(51)24-44-49-47-32(3)50(62-6)31(2)22-35(47)23-43(58(49)5)45(25-56)59(44)46(48)27-64-54(60)42(57-55(61)65-26-34-15-9-8-10-16-34)29-68-28-41-38-19-13-11-17-36(38)37-18-12-14-20-39(37)41/h7-20,22,41-46,49H,1,21,23-24,26-30H2,2-6H3,(H,57,61)/t42-,43-,44?,45-,46-,49-/m0/s1. The Bertz CT molecular complexity index is 2780. The Morgan fingerprint density at radius 1 is 0.912 bits per heavy atom. The van der Waals surface area contributed by atoms with Gasteiger partial charge >= 0.3 is 12.1 Å². The molecule has 1 fully saturated rings. The molecule has 4 aliphatic heterocycles. The summed E-state index contributed by atoms with van der Waals surface area (Å²) in [5.74, 6) is 3.03. The van der Waals surface area contributed by atoms with Crippen molar-refractivity contribution in [3.63, 3.8) is 0 Å². The van der Waals surface area contributed by atoms with E-state index in [1.54, 1.807) is 24.9 Å². The number of hydrogen-bond donors (Lipinski definition) is 1. The molecule has 6 atom stereocenters. The van der Waals surface area contributed by atoms with E-state index in [2.05, 4.69) is 103 Å². The van der Waals surface area contributed by atoms with Crippen molar-refractivity contribution in [2.75, 3.05) is 45.7 Å². The maximum absolute atomic E-state index is 14.8. The van der Waals surface area contributed by atoms with Gasteiger partial charge in [0.2, 0.25) is 6.79 Å². The predicted octanol–water partition coefficient (Wildman–Crippen LogP) is 9.07. The summed E-state index contributed by atoms with van der Waals surface area (Å²) in [6.07, 6.45) is 2.15. The molecule has 0 radical (unpaired) electrons. The molecule has 1 saturated heterocycles. The van der Waals surface area contributed by atoms with E-state index < -0.39 is 30.2 Å². The topological polar surface area (TPSA) is 132 Å². The van der Waals surface area contributed by atoms with E-state index in [9.17, 15) is 14.9 Å². The van der Waals surface area contributed by atoms with Crippen LogP contribution in [0.15, 0.2) is 97.6 Å². The van der Waals surface area contributed by atoms with Crippen LogP contribution in [0, 0.1) is 32.1 Å². The molecule has 350 valence electrons. The number of nitrogens with zero attached hydrogens (tertiary/aromatic N) is 3. The van der Waals surface area contributed by atoms with Gasteiger partial charge in [-0.3, -0.25) is 9.80 Å². The molecule has 2 bridgehead atoms. The smallest absolute Gasteiger partial charge is 0.408 e. The summed E-state index contributed by atoms with van der Waals surface area (Å²) in [7, 11) is 3.83. The first-order valence-electron chi connectivity index (χ1n) is 23.3. The summed E-state index contributed by atoms with van der Waals surface area (Å²) >= 11 is 1.58. The van der Waals surface area contributed by atoms with E-state index in [0.717, 1.165) is 39.1 Å². The SMILES string of the molecule is C=CCOc1c(C)c2c(c3c1CC1[C@H]4c5c(cc(C)c(OC)c5C)C[C@@H]([C@H](C#N)N1[C@H]3COC(=O)[C@H](CSCC1c3ccccc3-c3ccccc31)NC(=O)OCc1ccccc1)N4C)OCO2. The van der Waals surface area contributed by atoms with E-state index in [1.165, 1.54) is 33.4 Å². The van der Waals surface area contributed by atoms with Crippen molar-refractivity contribution in [1.29, 1.82) is 5.26 Å². The van der Waals surface area contributed by atoms with Crippen LogP contribution in [-0.2, 0) is 33.7 Å². The average molecular weight is 933 g/mol. The Kier molecular flexibility index (Phi) is 12.6. The molecule has 0 spiro atoms. The highest BCUT2D eigenvalue weighted by atomic mass is 32.2. The molecule has 68 heavy (non-hydrogen) atoms. The number of fused-ring (bicyclic) bond motifs is 12. The summed E-state index contributed by atoms with van der Waals surface area (Å²) < 4.78 is 37.1. The Morgan fingerprint density at radius 3 is 2.32 bits per heavy atom. The first-order valence-corrected chi connectivity index (χ1v) is 24.4. The lowest BCUT2D eigenvalue weighted by Crippen LogP contribution is -2.68. The number of amides is 1. The largest absolute Gasteiger partial charge is 0.496 e. The van der Waals surface area contributed by atoms with Crippen molar-refractivity contribution in [2.24, 2.45) is 0 Å². The number of rotatable bonds is 14. The number of benzene rings is 5. The van der Waals surface area contributed by atoms with Crippen molar-refractivity contribution in [2.45, 2.75) is 82.4 Å². The monoisotopic (exact) mass is 932 g/mol. The Morgan fingerprint density at radius 2 is 1.62 bits per heavy atom. The molecular weight excluding hydrogens is 877 g/mol. The number of piperazine rings is 1. The van der Waals surface area contributed by atoms with E-state index in [4.69, 9.17) is 28.4 Å². The molecule has 4 heterocycles. The Hall–Kier alpha value is -6.46. The third-order valence-electron chi connectivity index (χ3n) is 14.6. The minimum Gasteiger partial charge on any atom is -0.496 e. The van der Waals surface area contributed by atoms with Crippen LogP contribution in [0.25, 0.3) is 11.1 Å². The minimum atomic E-state index is -1.06. The molecule has 1 N–H and O–H groups in total. The number of aryl methyl sites for hydroxylation is 1. The quantitative estimate of drug-likeness (QED) is 0.0842. The molecule has 5 aromatic rings. The van der Waals surface area contributed by atoms with Gasteiger partial charge in [-0.15, -0.1) is 0 Å². The fourth-order valence-corrected chi connectivity index (χ4v) is 12.9. The van der Waals surface area contributed by atoms with Gasteiger partial charge < -0.3 is 33.7 Å². The van der Waals surface area contributed by atoms with E-state index in [-0.39, 0.29) is 56.4 Å². The second-order valence-corrected chi connectivity index (χ2v) is 19.4. The van der Waals surface area contributed by atoms with Crippen LogP contribution in [-0.4, -0.2) is 91.7 Å². The number of esters is 1. The van der Waals surface area contributed by atoms with Gasteiger partial charge in [-0.05, 0) is 90.7 Å². The van der Waals surface area contributed by atoms with Crippen LogP contribution in [0.3, 0.4) is 0 Å². The summed E-state index contributed by atoms with van der Waals surface area (Å²) in [4.78, 5) is 33.0. The maximum atomic E-state index is 14.8. The average Bonchev–Trinajstić information content (AvgIpc) is 3.97. The number of alkyl carbamates (subject to hydrolysis) is 1. The van der Waals surface area contributed by atoms with Crippen LogP contribution < -0.4 is 24.3 Å². The van der Waals surface area contributed by atoms with E-state index >= 15 is 0 Å². The number of carbonyl (C=O) groups is 2. The van der Waals surface area contributed by atoms with Gasteiger partial charge in [0.25, 0.3) is 0 Å². The van der Waals surface area contributed by atoms with Crippen LogP contribution >= 0.6 is 11.8 Å². The van der Waals surface area contributed by atoms with Gasteiger partial charge in [0, 0.05) is 46.2 Å². The third kappa shape index (κ3) is 7.82. The maximum Gasteiger partial charge on any atom is 0.408 e. The second kappa shape index (κ2) is 18.9. The van der Waals surface area contributed by atoms with E-state index in [0.29, 0.717) is 35.8 Å². The number of ether oxygens (including phenoxy) is 6. The predicted molar refractivity (Wildman–Crippen MR) is 260 cm³/mol. The van der Waals surface area contributed by atoms with Gasteiger partial charge in [0.05, 0.1) is 25.3 Å². The molecule has 0 saturated carbocycles. The van der Waals surface area contributed by atoms with Crippen LogP contribution in [0.2, 0.25) is 0 Å². The molecule has 1 aliphatic carbocycles. The summed E-state index contributed by atoms with van der Waals surface area (Å²) in [5, 5.41) is 14.1. The zero-order valence-corrected chi connectivity index (χ0v) is 39.9. The zero-order chi connectivity index (χ0) is 47.2. The second-order valence-electron chi connectivity index (χ2n) is 18.3. The van der Waals surface area contributed by atoms with Crippen molar-refractivity contribution in [1.82, 2.24) is 15.1 Å². The van der Waals surface area contributed by atoms with Crippen molar-refractivity contribution in [3.8, 4) is 40.2 Å². The highest BCUT2D eigenvalue weighted by molar-refractivity contribution is 7.99. The number of carbonyl (C=O) groups excluding carboxylic acids is 2. The number of hydrogen-bond acceptors (Lipinski definition) is 12. The number of methoxy groups -OCH3 is 1. The van der Waals surface area contributed by atoms with Gasteiger partial charge in [-0.1, -0.05) is 97.6 Å². The van der Waals surface area contributed by atoms with Crippen LogP contribution in [0.1, 0.15) is 73.6 Å². The first kappa shape index (κ1) is 45.3. The number of likely N-dealkylation sites (N-methyl/N-ethyl adjacent to an activating group) is 1. The molecular formula is C55H56N4O8S. The molecule has 13 heteroatoms. The number of nitriles is 1. The summed E-state index contributed by atoms with van der Waals surface area (Å²) in [5.41, 5.74) is 12.7.